The summed E-state index contributed by atoms with van der Waals surface area (Å²) in [6.45, 7) is 1.99. The van der Waals surface area contributed by atoms with Crippen molar-refractivity contribution in [1.29, 1.82) is 0 Å². The summed E-state index contributed by atoms with van der Waals surface area (Å²) in [7, 11) is 0. The van der Waals surface area contributed by atoms with Crippen LogP contribution in [0.4, 0.5) is 5.69 Å². The van der Waals surface area contributed by atoms with E-state index in [0.717, 1.165) is 16.8 Å². The molecule has 0 atom stereocenters. The van der Waals surface area contributed by atoms with Gasteiger partial charge in [-0.25, -0.2) is 4.98 Å². The summed E-state index contributed by atoms with van der Waals surface area (Å²) >= 11 is 1.44. The predicted octanol–water partition coefficient (Wildman–Crippen LogP) is 3.55. The Hall–Kier alpha value is -2.86. The summed E-state index contributed by atoms with van der Waals surface area (Å²) < 4.78 is 0. The maximum atomic E-state index is 12.2. The van der Waals surface area contributed by atoms with Crippen molar-refractivity contribution < 1.29 is 4.79 Å². The lowest BCUT2D eigenvalue weighted by Gasteiger charge is -2.06. The molecule has 0 saturated carbocycles. The van der Waals surface area contributed by atoms with Crippen molar-refractivity contribution in [2.45, 2.75) is 24.3 Å². The van der Waals surface area contributed by atoms with Gasteiger partial charge in [-0.3, -0.25) is 9.59 Å². The van der Waals surface area contributed by atoms with Crippen LogP contribution in [0.5, 0.6) is 0 Å². The average molecular weight is 365 g/mol. The van der Waals surface area contributed by atoms with E-state index in [1.165, 1.54) is 17.8 Å². The molecule has 1 aromatic heterocycles. The highest BCUT2D eigenvalue weighted by atomic mass is 32.2. The average Bonchev–Trinajstić information content (AvgIpc) is 2.62. The van der Waals surface area contributed by atoms with Crippen LogP contribution in [0.15, 0.2) is 70.6 Å². The van der Waals surface area contributed by atoms with Gasteiger partial charge in [-0.05, 0) is 24.6 Å². The molecule has 0 aliphatic heterocycles. The van der Waals surface area contributed by atoms with E-state index in [-0.39, 0.29) is 17.9 Å². The summed E-state index contributed by atoms with van der Waals surface area (Å²) in [4.78, 5) is 31.2. The molecule has 0 radical (unpaired) electrons. The molecule has 6 heteroatoms. The fourth-order valence-corrected chi connectivity index (χ4v) is 3.23. The van der Waals surface area contributed by atoms with E-state index in [1.54, 1.807) is 0 Å². The van der Waals surface area contributed by atoms with E-state index in [0.29, 0.717) is 16.6 Å². The molecule has 1 amide bonds. The monoisotopic (exact) mass is 365 g/mol. The summed E-state index contributed by atoms with van der Waals surface area (Å²) in [5.74, 6) is 0.494. The van der Waals surface area contributed by atoms with Crippen molar-refractivity contribution in [2.24, 2.45) is 0 Å². The highest BCUT2D eigenvalue weighted by molar-refractivity contribution is 7.98. The number of nitrogens with zero attached hydrogens (tertiary/aromatic N) is 1. The molecule has 0 fully saturated rings. The van der Waals surface area contributed by atoms with Crippen LogP contribution in [-0.4, -0.2) is 15.9 Å². The lowest BCUT2D eigenvalue weighted by Crippen LogP contribution is -2.18. The standard InChI is InChI=1S/C20H19N3O2S/c1-14-7-9-16(10-8-14)21-18(24)11-17-12-19(25)23-20(22-17)26-13-15-5-3-2-4-6-15/h2-10,12H,11,13H2,1H3,(H,21,24)(H,22,23,25). The molecule has 1 heterocycles. The van der Waals surface area contributed by atoms with Gasteiger partial charge >= 0.3 is 0 Å². The number of rotatable bonds is 6. The number of hydrogen-bond donors (Lipinski definition) is 2. The highest BCUT2D eigenvalue weighted by Crippen LogP contribution is 2.18. The number of amides is 1. The first-order valence-corrected chi connectivity index (χ1v) is 9.20. The normalized spacial score (nSPS) is 10.5. The molecule has 5 nitrogen and oxygen atoms in total. The van der Waals surface area contributed by atoms with Crippen molar-refractivity contribution in [2.75, 3.05) is 5.32 Å². The second kappa shape index (κ2) is 8.49. The molecule has 26 heavy (non-hydrogen) atoms. The Balaban J connectivity index is 1.64. The van der Waals surface area contributed by atoms with Crippen molar-refractivity contribution in [3.8, 4) is 0 Å². The minimum absolute atomic E-state index is 0.0523. The second-order valence-corrected chi connectivity index (χ2v) is 6.87. The Morgan fingerprint density at radius 1 is 1.12 bits per heavy atom. The molecule has 3 rings (SSSR count). The minimum Gasteiger partial charge on any atom is -0.326 e. The van der Waals surface area contributed by atoms with E-state index in [2.05, 4.69) is 15.3 Å². The second-order valence-electron chi connectivity index (χ2n) is 5.91. The number of carbonyl (C=O) groups excluding carboxylic acids is 1. The molecule has 0 spiro atoms. The van der Waals surface area contributed by atoms with Crippen LogP contribution in [0.2, 0.25) is 0 Å². The SMILES string of the molecule is Cc1ccc(NC(=O)Cc2cc(=O)[nH]c(SCc3ccccc3)n2)cc1. The molecule has 3 aromatic rings. The van der Waals surface area contributed by atoms with Gasteiger partial charge in [0.05, 0.1) is 12.1 Å². The third kappa shape index (κ3) is 5.32. The van der Waals surface area contributed by atoms with Gasteiger partial charge in [-0.1, -0.05) is 59.8 Å². The Bertz CT molecular complexity index is 937. The number of H-pyrrole nitrogens is 1. The van der Waals surface area contributed by atoms with E-state index in [1.807, 2.05) is 61.5 Å². The van der Waals surface area contributed by atoms with Gasteiger partial charge < -0.3 is 10.3 Å². The zero-order chi connectivity index (χ0) is 18.4. The van der Waals surface area contributed by atoms with Crippen LogP contribution < -0.4 is 10.9 Å². The molecule has 2 N–H and O–H groups in total. The van der Waals surface area contributed by atoms with Crippen molar-refractivity contribution in [3.05, 3.63) is 87.8 Å². The number of thioether (sulfide) groups is 1. The number of benzene rings is 2. The lowest BCUT2D eigenvalue weighted by atomic mass is 10.2. The van der Waals surface area contributed by atoms with E-state index in [4.69, 9.17) is 0 Å². The quantitative estimate of drug-likeness (QED) is 0.517. The largest absolute Gasteiger partial charge is 0.326 e. The van der Waals surface area contributed by atoms with Gasteiger partial charge in [-0.15, -0.1) is 0 Å². The number of nitrogens with one attached hydrogen (secondary N) is 2. The molecule has 2 aromatic carbocycles. The Kier molecular flexibility index (Phi) is 5.86. The van der Waals surface area contributed by atoms with Crippen LogP contribution in [0.1, 0.15) is 16.8 Å². The molecular weight excluding hydrogens is 346 g/mol. The van der Waals surface area contributed by atoms with Crippen molar-refractivity contribution in [3.63, 3.8) is 0 Å². The number of carbonyl (C=O) groups is 1. The van der Waals surface area contributed by atoms with E-state index >= 15 is 0 Å². The van der Waals surface area contributed by atoms with Gasteiger partial charge in [0, 0.05) is 17.5 Å². The molecule has 0 aliphatic carbocycles. The predicted molar refractivity (Wildman–Crippen MR) is 104 cm³/mol. The summed E-state index contributed by atoms with van der Waals surface area (Å²) in [5.41, 5.74) is 3.19. The van der Waals surface area contributed by atoms with Gasteiger partial charge in [0.25, 0.3) is 5.56 Å². The number of anilines is 1. The third-order valence-corrected chi connectivity index (χ3v) is 4.61. The summed E-state index contributed by atoms with van der Waals surface area (Å²) in [6, 6.07) is 18.9. The maximum Gasteiger partial charge on any atom is 0.251 e. The van der Waals surface area contributed by atoms with Crippen LogP contribution in [0.25, 0.3) is 0 Å². The Morgan fingerprint density at radius 3 is 2.58 bits per heavy atom. The van der Waals surface area contributed by atoms with Gasteiger partial charge in [-0.2, -0.15) is 0 Å². The molecule has 0 unspecified atom stereocenters. The number of aromatic amines is 1. The maximum absolute atomic E-state index is 12.2. The highest BCUT2D eigenvalue weighted by Gasteiger charge is 2.08. The van der Waals surface area contributed by atoms with Crippen LogP contribution in [0, 0.1) is 6.92 Å². The van der Waals surface area contributed by atoms with Gasteiger partial charge in [0.1, 0.15) is 0 Å². The topological polar surface area (TPSA) is 74.8 Å². The number of aryl methyl sites for hydroxylation is 1. The fraction of sp³-hybridized carbons (Fsp3) is 0.150. The first-order chi connectivity index (χ1) is 12.6. The first kappa shape index (κ1) is 17.9. The first-order valence-electron chi connectivity index (χ1n) is 8.22. The summed E-state index contributed by atoms with van der Waals surface area (Å²) in [6.07, 6.45) is 0.0523. The van der Waals surface area contributed by atoms with Crippen molar-refractivity contribution in [1.82, 2.24) is 9.97 Å². The molecular formula is C20H19N3O2S. The van der Waals surface area contributed by atoms with Crippen LogP contribution in [0.3, 0.4) is 0 Å². The number of hydrogen-bond acceptors (Lipinski definition) is 4. The van der Waals surface area contributed by atoms with Crippen LogP contribution in [-0.2, 0) is 17.0 Å². The minimum atomic E-state index is -0.256. The Labute approximate surface area is 155 Å². The summed E-state index contributed by atoms with van der Waals surface area (Å²) in [5, 5.41) is 3.33. The lowest BCUT2D eigenvalue weighted by molar-refractivity contribution is -0.115. The van der Waals surface area contributed by atoms with Gasteiger partial charge in [0.2, 0.25) is 5.91 Å². The zero-order valence-electron chi connectivity index (χ0n) is 14.4. The van der Waals surface area contributed by atoms with E-state index in [9.17, 15) is 9.59 Å². The molecule has 132 valence electrons. The van der Waals surface area contributed by atoms with Crippen molar-refractivity contribution >= 4 is 23.4 Å². The molecule has 0 bridgehead atoms. The zero-order valence-corrected chi connectivity index (χ0v) is 15.2. The smallest absolute Gasteiger partial charge is 0.251 e. The number of aromatic nitrogens is 2. The van der Waals surface area contributed by atoms with Gasteiger partial charge in [0.15, 0.2) is 5.16 Å². The fourth-order valence-electron chi connectivity index (χ4n) is 2.37. The molecule has 0 saturated heterocycles. The van der Waals surface area contributed by atoms with Crippen LogP contribution >= 0.6 is 11.8 Å². The third-order valence-electron chi connectivity index (χ3n) is 3.67. The van der Waals surface area contributed by atoms with E-state index < -0.39 is 0 Å². The Morgan fingerprint density at radius 2 is 1.85 bits per heavy atom. The molecule has 0 aliphatic rings.